The summed E-state index contributed by atoms with van der Waals surface area (Å²) >= 11 is 9.04. The van der Waals surface area contributed by atoms with Crippen LogP contribution in [0.15, 0.2) is 41.1 Å². The Hall–Kier alpha value is -1.13. The van der Waals surface area contributed by atoms with Crippen LogP contribution in [-0.2, 0) is 0 Å². The van der Waals surface area contributed by atoms with Crippen LogP contribution in [0.1, 0.15) is 0 Å². The molecular weight excluding hydrogens is 279 g/mol. The van der Waals surface area contributed by atoms with Gasteiger partial charge in [-0.1, -0.05) is 27.5 Å². The van der Waals surface area contributed by atoms with Crippen LogP contribution in [0.25, 0.3) is 0 Å². The van der Waals surface area contributed by atoms with E-state index < -0.39 is 0 Å². The Balaban J connectivity index is 2.18. The van der Waals surface area contributed by atoms with Gasteiger partial charge in [0.2, 0.25) is 5.88 Å². The average Bonchev–Trinajstić information content (AvgIpc) is 2.22. The largest absolute Gasteiger partial charge is 0.439 e. The van der Waals surface area contributed by atoms with Gasteiger partial charge in [-0.3, -0.25) is 0 Å². The van der Waals surface area contributed by atoms with Gasteiger partial charge in [-0.2, -0.15) is 0 Å². The van der Waals surface area contributed by atoms with Gasteiger partial charge in [-0.25, -0.2) is 9.97 Å². The van der Waals surface area contributed by atoms with Gasteiger partial charge in [-0.15, -0.1) is 0 Å². The Labute approximate surface area is 100 Å². The van der Waals surface area contributed by atoms with Crippen LogP contribution in [0.3, 0.4) is 0 Å². The zero-order valence-corrected chi connectivity index (χ0v) is 9.86. The molecule has 1 heterocycles. The van der Waals surface area contributed by atoms with Crippen LogP contribution in [0.5, 0.6) is 11.6 Å². The van der Waals surface area contributed by atoms with Crippen molar-refractivity contribution >= 4 is 27.5 Å². The number of hydrogen-bond donors (Lipinski definition) is 0. The molecule has 15 heavy (non-hydrogen) atoms. The van der Waals surface area contributed by atoms with E-state index in [1.54, 1.807) is 6.07 Å². The van der Waals surface area contributed by atoms with Gasteiger partial charge in [0.1, 0.15) is 17.2 Å². The molecule has 0 saturated heterocycles. The topological polar surface area (TPSA) is 35.0 Å². The molecule has 0 saturated carbocycles. The van der Waals surface area contributed by atoms with Crippen molar-refractivity contribution in [3.63, 3.8) is 0 Å². The van der Waals surface area contributed by atoms with E-state index in [0.29, 0.717) is 16.8 Å². The molecule has 0 amide bonds. The number of rotatable bonds is 2. The maximum atomic E-state index is 5.70. The second-order valence-electron chi connectivity index (χ2n) is 2.73. The third kappa shape index (κ3) is 2.91. The van der Waals surface area contributed by atoms with Gasteiger partial charge >= 0.3 is 0 Å². The molecule has 0 spiro atoms. The van der Waals surface area contributed by atoms with E-state index >= 15 is 0 Å². The number of halogens is 2. The van der Waals surface area contributed by atoms with Crippen molar-refractivity contribution < 1.29 is 4.74 Å². The summed E-state index contributed by atoms with van der Waals surface area (Å²) in [6, 6.07) is 9.00. The molecule has 2 rings (SSSR count). The fourth-order valence-electron chi connectivity index (χ4n) is 0.997. The monoisotopic (exact) mass is 284 g/mol. The molecule has 0 atom stereocenters. The smallest absolute Gasteiger partial charge is 0.223 e. The Kier molecular flexibility index (Phi) is 3.18. The number of ether oxygens (including phenoxy) is 1. The maximum Gasteiger partial charge on any atom is 0.223 e. The normalized spacial score (nSPS) is 10.0. The van der Waals surface area contributed by atoms with Crippen molar-refractivity contribution in [1.82, 2.24) is 9.97 Å². The molecule has 2 aromatic rings. The van der Waals surface area contributed by atoms with E-state index in [2.05, 4.69) is 25.9 Å². The number of aromatic nitrogens is 2. The highest BCUT2D eigenvalue weighted by molar-refractivity contribution is 9.10. The highest BCUT2D eigenvalue weighted by Crippen LogP contribution is 2.22. The molecule has 1 aromatic heterocycles. The van der Waals surface area contributed by atoms with Gasteiger partial charge in [-0.05, 0) is 24.3 Å². The van der Waals surface area contributed by atoms with E-state index in [1.807, 2.05) is 24.3 Å². The van der Waals surface area contributed by atoms with E-state index in [4.69, 9.17) is 16.3 Å². The average molecular weight is 286 g/mol. The molecule has 0 fully saturated rings. The molecule has 0 unspecified atom stereocenters. The van der Waals surface area contributed by atoms with Crippen molar-refractivity contribution in [2.24, 2.45) is 0 Å². The number of hydrogen-bond acceptors (Lipinski definition) is 3. The molecule has 76 valence electrons. The lowest BCUT2D eigenvalue weighted by Crippen LogP contribution is -1.88. The molecule has 0 radical (unpaired) electrons. The summed E-state index contributed by atoms with van der Waals surface area (Å²) < 4.78 is 6.45. The lowest BCUT2D eigenvalue weighted by atomic mass is 10.3. The van der Waals surface area contributed by atoms with E-state index in [1.165, 1.54) is 6.33 Å². The lowest BCUT2D eigenvalue weighted by molar-refractivity contribution is 0.461. The fourth-order valence-corrected chi connectivity index (χ4v) is 1.40. The van der Waals surface area contributed by atoms with Crippen molar-refractivity contribution in [2.75, 3.05) is 0 Å². The van der Waals surface area contributed by atoms with E-state index in [-0.39, 0.29) is 0 Å². The standard InChI is InChI=1S/C10H6BrClN2O/c11-7-1-3-8(4-2-7)15-10-5-9(12)13-6-14-10/h1-6H. The first-order valence-electron chi connectivity index (χ1n) is 4.15. The Morgan fingerprint density at radius 2 is 1.87 bits per heavy atom. The van der Waals surface area contributed by atoms with Gasteiger partial charge in [0.25, 0.3) is 0 Å². The minimum atomic E-state index is 0.358. The van der Waals surface area contributed by atoms with Crippen LogP contribution in [0, 0.1) is 0 Å². The van der Waals surface area contributed by atoms with Crippen LogP contribution >= 0.6 is 27.5 Å². The fraction of sp³-hybridized carbons (Fsp3) is 0. The first kappa shape index (κ1) is 10.4. The Morgan fingerprint density at radius 1 is 1.13 bits per heavy atom. The van der Waals surface area contributed by atoms with Crippen molar-refractivity contribution in [3.8, 4) is 11.6 Å². The van der Waals surface area contributed by atoms with Crippen LogP contribution in [0.4, 0.5) is 0 Å². The molecular formula is C10H6BrClN2O. The van der Waals surface area contributed by atoms with Crippen LogP contribution < -0.4 is 4.74 Å². The molecule has 3 nitrogen and oxygen atoms in total. The summed E-state index contributed by atoms with van der Waals surface area (Å²) in [5.74, 6) is 1.13. The minimum Gasteiger partial charge on any atom is -0.439 e. The summed E-state index contributed by atoms with van der Waals surface area (Å²) in [5.41, 5.74) is 0. The van der Waals surface area contributed by atoms with E-state index in [0.717, 1.165) is 4.47 Å². The Morgan fingerprint density at radius 3 is 2.53 bits per heavy atom. The second-order valence-corrected chi connectivity index (χ2v) is 4.04. The van der Waals surface area contributed by atoms with Gasteiger partial charge in [0, 0.05) is 10.5 Å². The zero-order chi connectivity index (χ0) is 10.7. The predicted octanol–water partition coefficient (Wildman–Crippen LogP) is 3.68. The van der Waals surface area contributed by atoms with E-state index in [9.17, 15) is 0 Å². The number of benzene rings is 1. The summed E-state index contributed by atoms with van der Waals surface area (Å²) in [5, 5.41) is 0.358. The van der Waals surface area contributed by atoms with Crippen LogP contribution in [-0.4, -0.2) is 9.97 Å². The van der Waals surface area contributed by atoms with Crippen molar-refractivity contribution in [1.29, 1.82) is 0 Å². The molecule has 5 heteroatoms. The quantitative estimate of drug-likeness (QED) is 0.789. The van der Waals surface area contributed by atoms with Gasteiger partial charge in [0.05, 0.1) is 0 Å². The highest BCUT2D eigenvalue weighted by Gasteiger charge is 1.99. The van der Waals surface area contributed by atoms with Crippen molar-refractivity contribution in [2.45, 2.75) is 0 Å². The first-order valence-corrected chi connectivity index (χ1v) is 5.32. The molecule has 1 aromatic carbocycles. The first-order chi connectivity index (χ1) is 7.24. The van der Waals surface area contributed by atoms with Crippen molar-refractivity contribution in [3.05, 3.63) is 46.3 Å². The SMILES string of the molecule is Clc1cc(Oc2ccc(Br)cc2)ncn1. The van der Waals surface area contributed by atoms with Gasteiger partial charge < -0.3 is 4.74 Å². The maximum absolute atomic E-state index is 5.70. The Bertz CT molecular complexity index is 461. The molecule has 0 bridgehead atoms. The molecule has 0 aliphatic rings. The van der Waals surface area contributed by atoms with Crippen LogP contribution in [0.2, 0.25) is 5.15 Å². The molecule has 0 aliphatic heterocycles. The number of nitrogens with zero attached hydrogens (tertiary/aromatic N) is 2. The third-order valence-electron chi connectivity index (χ3n) is 1.64. The second kappa shape index (κ2) is 4.59. The molecule has 0 N–H and O–H groups in total. The third-order valence-corrected chi connectivity index (χ3v) is 2.38. The zero-order valence-electron chi connectivity index (χ0n) is 7.52. The summed E-state index contributed by atoms with van der Waals surface area (Å²) in [6.45, 7) is 0. The lowest BCUT2D eigenvalue weighted by Gasteiger charge is -2.03. The molecule has 0 aliphatic carbocycles. The highest BCUT2D eigenvalue weighted by atomic mass is 79.9. The van der Waals surface area contributed by atoms with Gasteiger partial charge in [0.15, 0.2) is 0 Å². The summed E-state index contributed by atoms with van der Waals surface area (Å²) in [4.78, 5) is 7.69. The minimum absolute atomic E-state index is 0.358. The summed E-state index contributed by atoms with van der Waals surface area (Å²) in [6.07, 6.45) is 1.36. The predicted molar refractivity (Wildman–Crippen MR) is 61.3 cm³/mol. The summed E-state index contributed by atoms with van der Waals surface area (Å²) in [7, 11) is 0.